The van der Waals surface area contributed by atoms with E-state index >= 15 is 0 Å². The van der Waals surface area contributed by atoms with E-state index < -0.39 is 12.0 Å². The summed E-state index contributed by atoms with van der Waals surface area (Å²) in [5.74, 6) is -1.01. The summed E-state index contributed by atoms with van der Waals surface area (Å²) >= 11 is 6.44. The number of hydrogen-bond donors (Lipinski definition) is 2. The Balaban J connectivity index is 2.82. The van der Waals surface area contributed by atoms with Crippen molar-refractivity contribution in [2.75, 3.05) is 0 Å². The van der Waals surface area contributed by atoms with Crippen molar-refractivity contribution < 1.29 is 9.90 Å². The summed E-state index contributed by atoms with van der Waals surface area (Å²) in [6, 6.07) is 2.63. The predicted octanol–water partition coefficient (Wildman–Crippen LogP) is 1.56. The summed E-state index contributed by atoms with van der Waals surface area (Å²) in [5, 5.41) is 8.62. The Morgan fingerprint density at radius 3 is 2.71 bits per heavy atom. The van der Waals surface area contributed by atoms with Gasteiger partial charge in [-0.25, -0.2) is 4.98 Å². The van der Waals surface area contributed by atoms with Crippen molar-refractivity contribution >= 4 is 37.8 Å². The molecule has 14 heavy (non-hydrogen) atoms. The van der Waals surface area contributed by atoms with Gasteiger partial charge in [-0.3, -0.25) is 4.79 Å². The Labute approximate surface area is 97.8 Å². The van der Waals surface area contributed by atoms with Crippen LogP contribution in [0.25, 0.3) is 0 Å². The molecule has 0 spiro atoms. The second-order valence-corrected chi connectivity index (χ2v) is 4.30. The highest BCUT2D eigenvalue weighted by Gasteiger charge is 2.14. The first-order valence-corrected chi connectivity index (χ1v) is 5.38. The van der Waals surface area contributed by atoms with Gasteiger partial charge in [0.15, 0.2) is 0 Å². The molecule has 1 heterocycles. The minimum atomic E-state index is -1.01. The van der Waals surface area contributed by atoms with Crippen LogP contribution in [0.3, 0.4) is 0 Å². The number of pyridine rings is 1. The molecule has 0 fully saturated rings. The minimum absolute atomic E-state index is 0.260. The zero-order chi connectivity index (χ0) is 10.7. The average molecular weight is 324 g/mol. The van der Waals surface area contributed by atoms with Crippen molar-refractivity contribution in [1.82, 2.24) is 4.98 Å². The maximum absolute atomic E-state index is 10.5. The summed E-state index contributed by atoms with van der Waals surface area (Å²) in [4.78, 5) is 14.6. The molecule has 0 unspecified atom stereocenters. The van der Waals surface area contributed by atoms with Gasteiger partial charge < -0.3 is 10.8 Å². The fourth-order valence-corrected chi connectivity index (χ4v) is 1.95. The Hall–Kier alpha value is -0.460. The van der Waals surface area contributed by atoms with Crippen LogP contribution in [0.1, 0.15) is 5.56 Å². The third kappa shape index (κ3) is 3.04. The molecule has 1 aromatic heterocycles. The number of nitrogens with zero attached hydrogens (tertiary/aromatic N) is 1. The molecule has 1 atom stereocenters. The number of carbonyl (C=O) groups is 1. The van der Waals surface area contributed by atoms with Crippen LogP contribution in [0.15, 0.2) is 21.3 Å². The number of rotatable bonds is 3. The van der Waals surface area contributed by atoms with E-state index in [1.807, 2.05) is 0 Å². The van der Waals surface area contributed by atoms with Gasteiger partial charge in [0.2, 0.25) is 0 Å². The maximum atomic E-state index is 10.5. The van der Waals surface area contributed by atoms with Crippen LogP contribution in [0.2, 0.25) is 0 Å². The lowest BCUT2D eigenvalue weighted by molar-refractivity contribution is -0.138. The van der Waals surface area contributed by atoms with Crippen molar-refractivity contribution in [2.24, 2.45) is 5.73 Å². The van der Waals surface area contributed by atoms with Crippen molar-refractivity contribution in [3.63, 3.8) is 0 Å². The third-order valence-electron chi connectivity index (χ3n) is 1.65. The Bertz CT molecular complexity index is 357. The van der Waals surface area contributed by atoms with Crippen LogP contribution in [0, 0.1) is 0 Å². The van der Waals surface area contributed by atoms with Crippen molar-refractivity contribution in [1.29, 1.82) is 0 Å². The summed E-state index contributed by atoms with van der Waals surface area (Å²) in [5.41, 5.74) is 6.18. The maximum Gasteiger partial charge on any atom is 0.320 e. The zero-order valence-corrected chi connectivity index (χ0v) is 10.2. The summed E-state index contributed by atoms with van der Waals surface area (Å²) < 4.78 is 1.31. The standard InChI is InChI=1S/C8H8Br2N2O2/c9-6-2-1-4(7(10)12-6)3-5(11)8(13)14/h1-2,5H,3,11H2,(H,13,14)/t5-/m0/s1. The number of nitrogens with two attached hydrogens (primary N) is 1. The van der Waals surface area contributed by atoms with Gasteiger partial charge >= 0.3 is 5.97 Å². The molecule has 4 nitrogen and oxygen atoms in total. The van der Waals surface area contributed by atoms with Crippen LogP contribution in [0.4, 0.5) is 0 Å². The van der Waals surface area contributed by atoms with E-state index in [0.29, 0.717) is 9.21 Å². The molecule has 0 bridgehead atoms. The van der Waals surface area contributed by atoms with E-state index in [1.165, 1.54) is 0 Å². The van der Waals surface area contributed by atoms with Gasteiger partial charge in [0.1, 0.15) is 15.2 Å². The average Bonchev–Trinajstić information content (AvgIpc) is 2.09. The molecule has 0 saturated heterocycles. The Kier molecular flexibility index (Phi) is 4.03. The highest BCUT2D eigenvalue weighted by Crippen LogP contribution is 2.18. The smallest absolute Gasteiger partial charge is 0.320 e. The van der Waals surface area contributed by atoms with Gasteiger partial charge in [-0.2, -0.15) is 0 Å². The van der Waals surface area contributed by atoms with E-state index in [1.54, 1.807) is 12.1 Å². The number of hydrogen-bond acceptors (Lipinski definition) is 3. The SMILES string of the molecule is N[C@@H](Cc1ccc(Br)nc1Br)C(=O)O. The first-order valence-electron chi connectivity index (χ1n) is 3.80. The highest BCUT2D eigenvalue weighted by atomic mass is 79.9. The van der Waals surface area contributed by atoms with Crippen LogP contribution < -0.4 is 5.73 Å². The topological polar surface area (TPSA) is 76.2 Å². The second-order valence-electron chi connectivity index (χ2n) is 2.73. The lowest BCUT2D eigenvalue weighted by Gasteiger charge is -2.07. The van der Waals surface area contributed by atoms with E-state index in [0.717, 1.165) is 5.56 Å². The van der Waals surface area contributed by atoms with Crippen molar-refractivity contribution in [2.45, 2.75) is 12.5 Å². The van der Waals surface area contributed by atoms with Gasteiger partial charge in [0.25, 0.3) is 0 Å². The number of aromatic nitrogens is 1. The molecular weight excluding hydrogens is 316 g/mol. The molecule has 3 N–H and O–H groups in total. The largest absolute Gasteiger partial charge is 0.480 e. The second kappa shape index (κ2) is 4.86. The number of aliphatic carboxylic acids is 1. The molecule has 1 rings (SSSR count). The molecule has 0 aliphatic heterocycles. The van der Waals surface area contributed by atoms with Gasteiger partial charge in [0.05, 0.1) is 0 Å². The number of halogens is 2. The van der Waals surface area contributed by atoms with Gasteiger partial charge in [-0.15, -0.1) is 0 Å². The fourth-order valence-electron chi connectivity index (χ4n) is 0.917. The number of carboxylic acids is 1. The van der Waals surface area contributed by atoms with Crippen LogP contribution >= 0.6 is 31.9 Å². The highest BCUT2D eigenvalue weighted by molar-refractivity contribution is 9.11. The molecule has 0 aromatic carbocycles. The van der Waals surface area contributed by atoms with Gasteiger partial charge in [-0.1, -0.05) is 6.07 Å². The fraction of sp³-hybridized carbons (Fsp3) is 0.250. The van der Waals surface area contributed by atoms with Crippen molar-refractivity contribution in [3.8, 4) is 0 Å². The summed E-state index contributed by atoms with van der Waals surface area (Å²) in [6.45, 7) is 0. The molecule has 0 amide bonds. The number of carboxylic acid groups (broad SMARTS) is 1. The molecular formula is C8H8Br2N2O2. The molecule has 1 aromatic rings. The van der Waals surface area contributed by atoms with Crippen LogP contribution in [-0.4, -0.2) is 22.1 Å². The predicted molar refractivity (Wildman–Crippen MR) is 59.0 cm³/mol. The molecule has 0 radical (unpaired) electrons. The third-order valence-corrected chi connectivity index (χ3v) is 2.78. The first-order chi connectivity index (χ1) is 6.50. The molecule has 6 heteroatoms. The zero-order valence-electron chi connectivity index (χ0n) is 7.08. The van der Waals surface area contributed by atoms with E-state index in [2.05, 4.69) is 36.8 Å². The van der Waals surface area contributed by atoms with Crippen molar-refractivity contribution in [3.05, 3.63) is 26.9 Å². The Morgan fingerprint density at radius 2 is 2.21 bits per heavy atom. The lowest BCUT2D eigenvalue weighted by Crippen LogP contribution is -2.32. The van der Waals surface area contributed by atoms with Crippen LogP contribution in [0.5, 0.6) is 0 Å². The molecule has 76 valence electrons. The van der Waals surface area contributed by atoms with Crippen LogP contribution in [-0.2, 0) is 11.2 Å². The molecule has 0 saturated carbocycles. The van der Waals surface area contributed by atoms with E-state index in [-0.39, 0.29) is 6.42 Å². The molecule has 0 aliphatic rings. The summed E-state index contributed by atoms with van der Waals surface area (Å²) in [6.07, 6.45) is 0.260. The van der Waals surface area contributed by atoms with E-state index in [9.17, 15) is 4.79 Å². The summed E-state index contributed by atoms with van der Waals surface area (Å²) in [7, 11) is 0. The van der Waals surface area contributed by atoms with Gasteiger partial charge in [0, 0.05) is 6.42 Å². The first kappa shape index (κ1) is 11.6. The molecule has 0 aliphatic carbocycles. The normalized spacial score (nSPS) is 12.5. The Morgan fingerprint density at radius 1 is 1.57 bits per heavy atom. The minimum Gasteiger partial charge on any atom is -0.480 e. The lowest BCUT2D eigenvalue weighted by atomic mass is 10.1. The quantitative estimate of drug-likeness (QED) is 0.828. The monoisotopic (exact) mass is 322 g/mol. The van der Waals surface area contributed by atoms with Gasteiger partial charge in [-0.05, 0) is 43.5 Å². The van der Waals surface area contributed by atoms with E-state index in [4.69, 9.17) is 10.8 Å².